The van der Waals surface area contributed by atoms with Crippen LogP contribution in [0.15, 0.2) is 96.6 Å². The van der Waals surface area contributed by atoms with Crippen molar-refractivity contribution in [2.45, 2.75) is 6.61 Å². The van der Waals surface area contributed by atoms with Crippen LogP contribution in [0.1, 0.15) is 22.3 Å². The summed E-state index contributed by atoms with van der Waals surface area (Å²) in [7, 11) is 2.88. The highest BCUT2D eigenvalue weighted by molar-refractivity contribution is 6.45. The molecule has 8 heteroatoms. The van der Waals surface area contributed by atoms with Gasteiger partial charge in [-0.2, -0.15) is 4.39 Å². The van der Waals surface area contributed by atoms with Gasteiger partial charge in [0, 0.05) is 24.3 Å². The van der Waals surface area contributed by atoms with E-state index in [0.717, 1.165) is 0 Å². The molecule has 2 N–H and O–H groups in total. The van der Waals surface area contributed by atoms with E-state index in [1.54, 1.807) is 48.5 Å². The zero-order valence-electron chi connectivity index (χ0n) is 19.5. The van der Waals surface area contributed by atoms with Crippen LogP contribution in [0.3, 0.4) is 0 Å². The van der Waals surface area contributed by atoms with E-state index in [-0.39, 0.29) is 18.2 Å². The molecular weight excluding hydrogens is 449 g/mol. The Bertz CT molecular complexity index is 1230. The second-order valence-electron chi connectivity index (χ2n) is 7.22. The summed E-state index contributed by atoms with van der Waals surface area (Å²) in [6.45, 7) is 4.08. The predicted octanol–water partition coefficient (Wildman–Crippen LogP) is 4.82. The highest BCUT2D eigenvalue weighted by Crippen LogP contribution is 2.21. The quantitative estimate of drug-likeness (QED) is 0.236. The summed E-state index contributed by atoms with van der Waals surface area (Å²) in [5.41, 5.74) is 5.96. The Kier molecular flexibility index (Phi) is 9.15. The van der Waals surface area contributed by atoms with Crippen LogP contribution in [0.2, 0.25) is 0 Å². The Balaban J connectivity index is 1.64. The zero-order valence-corrected chi connectivity index (χ0v) is 19.5. The van der Waals surface area contributed by atoms with Crippen LogP contribution in [0, 0.1) is 0 Å². The molecule has 7 nitrogen and oxygen atoms in total. The van der Waals surface area contributed by atoms with E-state index < -0.39 is 6.01 Å². The van der Waals surface area contributed by atoms with Crippen LogP contribution in [0.5, 0.6) is 5.75 Å². The number of likely N-dealkylation sites (N-methyl/N-ethyl adjacent to an activating group) is 1. The predicted molar refractivity (Wildman–Crippen MR) is 134 cm³/mol. The van der Waals surface area contributed by atoms with Gasteiger partial charge >= 0.3 is 0 Å². The minimum Gasteiger partial charge on any atom is -0.432 e. The summed E-state index contributed by atoms with van der Waals surface area (Å²) in [4.78, 5) is 22.6. The lowest BCUT2D eigenvalue weighted by Crippen LogP contribution is -2.29. The van der Waals surface area contributed by atoms with Crippen molar-refractivity contribution in [1.82, 2.24) is 10.8 Å². The van der Waals surface area contributed by atoms with Crippen LogP contribution in [0.4, 0.5) is 4.39 Å². The first kappa shape index (κ1) is 25.2. The molecule has 0 atom stereocenters. The van der Waals surface area contributed by atoms with Crippen molar-refractivity contribution in [3.8, 4) is 5.75 Å². The maximum atomic E-state index is 14.3. The summed E-state index contributed by atoms with van der Waals surface area (Å²) >= 11 is 0. The van der Waals surface area contributed by atoms with Crippen molar-refractivity contribution in [3.05, 3.63) is 114 Å². The molecule has 0 saturated carbocycles. The Hall–Kier alpha value is -4.43. The molecule has 35 heavy (non-hydrogen) atoms. The second-order valence-corrected chi connectivity index (χ2v) is 7.22. The summed E-state index contributed by atoms with van der Waals surface area (Å²) in [6, 6.07) is 22.3. The molecule has 180 valence electrons. The summed E-state index contributed by atoms with van der Waals surface area (Å²) < 4.78 is 19.6. The average Bonchev–Trinajstić information content (AvgIpc) is 2.88. The number of ether oxygens (including phenoxy) is 1. The van der Waals surface area contributed by atoms with Crippen molar-refractivity contribution < 1.29 is 23.6 Å². The number of hydrogen-bond acceptors (Lipinski definition) is 6. The monoisotopic (exact) mass is 475 g/mol. The number of rotatable bonds is 11. The van der Waals surface area contributed by atoms with Crippen molar-refractivity contribution >= 4 is 23.4 Å². The first-order valence-electron chi connectivity index (χ1n) is 10.7. The molecule has 0 aromatic heterocycles. The number of carbonyl (C=O) groups is 1. The number of hydroxylamine groups is 1. The van der Waals surface area contributed by atoms with E-state index >= 15 is 0 Å². The van der Waals surface area contributed by atoms with Gasteiger partial charge in [-0.15, -0.1) is 0 Å². The third-order valence-corrected chi connectivity index (χ3v) is 4.80. The standard InChI is InChI=1S/C27H26FN3O4/c1-19(21-13-9-14-23(17-21)35-25(28)16-20-10-5-4-6-11-20)30-34-18-22-12-7-8-15-24(22)26(31-33-3)27(32)29-2/h4-17,30H,1,18H2,2-3H3,(H,29,32)/b25-16-,31-26?. The van der Waals surface area contributed by atoms with Crippen LogP contribution in [-0.4, -0.2) is 25.8 Å². The van der Waals surface area contributed by atoms with Gasteiger partial charge in [0.1, 0.15) is 19.5 Å². The Labute approximate surface area is 203 Å². The molecule has 0 aliphatic rings. The van der Waals surface area contributed by atoms with E-state index in [1.807, 2.05) is 30.3 Å². The Morgan fingerprint density at radius 3 is 2.54 bits per heavy atom. The van der Waals surface area contributed by atoms with Crippen LogP contribution in [0.25, 0.3) is 11.8 Å². The molecule has 0 fully saturated rings. The third kappa shape index (κ3) is 7.28. The molecule has 0 heterocycles. The van der Waals surface area contributed by atoms with Gasteiger partial charge in [0.2, 0.25) is 0 Å². The number of halogens is 1. The maximum Gasteiger partial charge on any atom is 0.278 e. The first-order valence-corrected chi connectivity index (χ1v) is 10.7. The lowest BCUT2D eigenvalue weighted by atomic mass is 10.0. The van der Waals surface area contributed by atoms with Crippen molar-refractivity contribution in [3.63, 3.8) is 0 Å². The number of benzene rings is 3. The maximum absolute atomic E-state index is 14.3. The topological polar surface area (TPSA) is 81.2 Å². The molecule has 3 aromatic carbocycles. The van der Waals surface area contributed by atoms with E-state index in [9.17, 15) is 9.18 Å². The molecule has 0 radical (unpaired) electrons. The van der Waals surface area contributed by atoms with Crippen molar-refractivity contribution in [1.29, 1.82) is 0 Å². The van der Waals surface area contributed by atoms with Gasteiger partial charge < -0.3 is 14.9 Å². The lowest BCUT2D eigenvalue weighted by molar-refractivity contribution is -0.114. The van der Waals surface area contributed by atoms with Crippen LogP contribution >= 0.6 is 0 Å². The Morgan fingerprint density at radius 1 is 1.06 bits per heavy atom. The summed E-state index contributed by atoms with van der Waals surface area (Å²) in [6.07, 6.45) is 1.31. The normalized spacial score (nSPS) is 11.5. The SMILES string of the molecule is C=C(NOCc1ccccc1C(=NOC)C(=O)NC)c1cccc(O/C(F)=C\c2ccccc2)c1. The van der Waals surface area contributed by atoms with E-state index in [0.29, 0.717) is 33.7 Å². The molecular formula is C27H26FN3O4. The molecule has 0 unspecified atom stereocenters. The molecule has 3 rings (SSSR count). The number of amides is 1. The van der Waals surface area contributed by atoms with Gasteiger partial charge in [0.15, 0.2) is 5.71 Å². The van der Waals surface area contributed by atoms with E-state index in [1.165, 1.54) is 20.2 Å². The van der Waals surface area contributed by atoms with Gasteiger partial charge in [-0.05, 0) is 23.3 Å². The van der Waals surface area contributed by atoms with Crippen LogP contribution in [-0.2, 0) is 21.1 Å². The average molecular weight is 476 g/mol. The molecule has 0 aliphatic carbocycles. The highest BCUT2D eigenvalue weighted by atomic mass is 19.1. The largest absolute Gasteiger partial charge is 0.432 e. The summed E-state index contributed by atoms with van der Waals surface area (Å²) in [5, 5.41) is 6.38. The summed E-state index contributed by atoms with van der Waals surface area (Å²) in [5.74, 6) is -0.0755. The minimum absolute atomic E-state index is 0.111. The van der Waals surface area contributed by atoms with E-state index in [4.69, 9.17) is 14.4 Å². The second kappa shape index (κ2) is 12.7. The number of oxime groups is 1. The fourth-order valence-electron chi connectivity index (χ4n) is 3.13. The van der Waals surface area contributed by atoms with E-state index in [2.05, 4.69) is 22.5 Å². The Morgan fingerprint density at radius 2 is 1.80 bits per heavy atom. The van der Waals surface area contributed by atoms with Gasteiger partial charge in [0.25, 0.3) is 11.9 Å². The highest BCUT2D eigenvalue weighted by Gasteiger charge is 2.17. The minimum atomic E-state index is -0.732. The fourth-order valence-corrected chi connectivity index (χ4v) is 3.13. The first-order chi connectivity index (χ1) is 17.0. The van der Waals surface area contributed by atoms with Gasteiger partial charge in [-0.1, -0.05) is 78.5 Å². The smallest absolute Gasteiger partial charge is 0.278 e. The fraction of sp³-hybridized carbons (Fsp3) is 0.111. The zero-order chi connectivity index (χ0) is 25.0. The third-order valence-electron chi connectivity index (χ3n) is 4.80. The molecule has 1 amide bonds. The molecule has 0 bridgehead atoms. The lowest BCUT2D eigenvalue weighted by Gasteiger charge is -2.14. The number of hydrogen-bond donors (Lipinski definition) is 2. The van der Waals surface area contributed by atoms with Crippen molar-refractivity contribution in [2.24, 2.45) is 5.16 Å². The van der Waals surface area contributed by atoms with Crippen molar-refractivity contribution in [2.75, 3.05) is 14.2 Å². The number of carbonyl (C=O) groups excluding carboxylic acids is 1. The molecule has 0 spiro atoms. The van der Waals surface area contributed by atoms with Gasteiger partial charge in [-0.3, -0.25) is 15.1 Å². The van der Waals surface area contributed by atoms with Crippen LogP contribution < -0.4 is 15.5 Å². The molecule has 0 aliphatic heterocycles. The number of nitrogens with zero attached hydrogens (tertiary/aromatic N) is 1. The van der Waals surface area contributed by atoms with Gasteiger partial charge in [0.05, 0.1) is 5.70 Å². The van der Waals surface area contributed by atoms with Gasteiger partial charge in [-0.25, -0.2) is 0 Å². The molecule has 0 saturated heterocycles. The number of nitrogens with one attached hydrogen (secondary N) is 2. The molecule has 3 aromatic rings.